The molecule has 0 saturated carbocycles. The molecule has 2 amide bonds. The molecule has 1 unspecified atom stereocenters. The summed E-state index contributed by atoms with van der Waals surface area (Å²) >= 11 is 0. The predicted molar refractivity (Wildman–Crippen MR) is 84.4 cm³/mol. The molecule has 0 fully saturated rings. The quantitative estimate of drug-likeness (QED) is 0.875. The minimum absolute atomic E-state index is 0.0248. The van der Waals surface area contributed by atoms with Crippen LogP contribution in [0.1, 0.15) is 49.9 Å². The molecule has 2 rings (SSSR count). The molecule has 1 heterocycles. The highest BCUT2D eigenvalue weighted by molar-refractivity contribution is 6.09. The number of rotatable bonds is 6. The highest BCUT2D eigenvalue weighted by Crippen LogP contribution is 2.25. The molecule has 21 heavy (non-hydrogen) atoms. The van der Waals surface area contributed by atoms with Crippen LogP contribution in [-0.2, 0) is 4.79 Å². The molecule has 0 aromatic heterocycles. The highest BCUT2D eigenvalue weighted by atomic mass is 16.2. The summed E-state index contributed by atoms with van der Waals surface area (Å²) in [5.74, 6) is 0.293. The molecule has 0 aliphatic carbocycles. The van der Waals surface area contributed by atoms with Crippen LogP contribution in [0.5, 0.6) is 0 Å². The average Bonchev–Trinajstić information content (AvgIpc) is 2.63. The molecule has 1 atom stereocenters. The number of unbranched alkanes of at least 4 members (excludes halogenated alkanes) is 1. The number of carbonyl (C=O) groups excluding carboxylic acids is 2. The van der Waals surface area contributed by atoms with Gasteiger partial charge in [-0.25, -0.2) is 0 Å². The van der Waals surface area contributed by atoms with Gasteiger partial charge in [0.15, 0.2) is 0 Å². The molecular formula is C17H24N2O2. The third kappa shape index (κ3) is 3.63. The van der Waals surface area contributed by atoms with Gasteiger partial charge in [-0.05, 0) is 24.5 Å². The van der Waals surface area contributed by atoms with E-state index >= 15 is 0 Å². The number of benzene rings is 1. The lowest BCUT2D eigenvalue weighted by Crippen LogP contribution is -2.39. The molecular weight excluding hydrogens is 264 g/mol. The summed E-state index contributed by atoms with van der Waals surface area (Å²) in [6.45, 7) is 5.12. The van der Waals surface area contributed by atoms with Crippen LogP contribution in [0, 0.1) is 5.92 Å². The lowest BCUT2D eigenvalue weighted by atomic mass is 9.98. The molecule has 0 radical (unpaired) electrons. The van der Waals surface area contributed by atoms with Gasteiger partial charge in [-0.3, -0.25) is 9.59 Å². The van der Waals surface area contributed by atoms with Crippen molar-refractivity contribution in [1.82, 2.24) is 5.32 Å². The van der Waals surface area contributed by atoms with E-state index in [2.05, 4.69) is 19.2 Å². The third-order valence-corrected chi connectivity index (χ3v) is 4.12. The van der Waals surface area contributed by atoms with E-state index in [9.17, 15) is 9.59 Å². The number of nitrogens with zero attached hydrogens (tertiary/aromatic N) is 1. The van der Waals surface area contributed by atoms with Gasteiger partial charge in [-0.15, -0.1) is 0 Å². The van der Waals surface area contributed by atoms with E-state index in [0.29, 0.717) is 18.0 Å². The molecule has 1 aromatic carbocycles. The average molecular weight is 288 g/mol. The van der Waals surface area contributed by atoms with E-state index in [1.165, 1.54) is 12.8 Å². The normalized spacial score (nSPS) is 16.2. The van der Waals surface area contributed by atoms with Gasteiger partial charge in [0.05, 0.1) is 17.8 Å². The van der Waals surface area contributed by atoms with Crippen LogP contribution < -0.4 is 10.2 Å². The molecule has 1 aliphatic heterocycles. The molecule has 4 nitrogen and oxygen atoms in total. The van der Waals surface area contributed by atoms with Gasteiger partial charge in [0, 0.05) is 6.54 Å². The van der Waals surface area contributed by atoms with Crippen LogP contribution in [0.3, 0.4) is 0 Å². The van der Waals surface area contributed by atoms with Gasteiger partial charge in [0.1, 0.15) is 0 Å². The molecule has 114 valence electrons. The fraction of sp³-hybridized carbons (Fsp3) is 0.529. The summed E-state index contributed by atoms with van der Waals surface area (Å²) in [5, 5.41) is 2.68. The molecule has 1 aliphatic rings. The monoisotopic (exact) mass is 288 g/mol. The van der Waals surface area contributed by atoms with Crippen molar-refractivity contribution in [3.05, 3.63) is 29.8 Å². The Kier molecular flexibility index (Phi) is 5.37. The molecule has 0 spiro atoms. The Balaban J connectivity index is 2.25. The predicted octanol–water partition coefficient (Wildman–Crippen LogP) is 2.98. The van der Waals surface area contributed by atoms with Gasteiger partial charge in [-0.1, -0.05) is 45.2 Å². The minimum atomic E-state index is -0.164. The maximum absolute atomic E-state index is 12.4. The summed E-state index contributed by atoms with van der Waals surface area (Å²) in [7, 11) is 0. The molecule has 1 aromatic rings. The Labute approximate surface area is 126 Å². The zero-order valence-electron chi connectivity index (χ0n) is 12.9. The summed E-state index contributed by atoms with van der Waals surface area (Å²) in [6, 6.07) is 7.36. The van der Waals surface area contributed by atoms with Crippen LogP contribution in [0.25, 0.3) is 0 Å². The topological polar surface area (TPSA) is 49.4 Å². The van der Waals surface area contributed by atoms with E-state index in [1.54, 1.807) is 11.0 Å². The number of hydrogen-bond acceptors (Lipinski definition) is 2. The van der Waals surface area contributed by atoms with Crippen LogP contribution in [-0.4, -0.2) is 24.9 Å². The second-order valence-corrected chi connectivity index (χ2v) is 5.62. The van der Waals surface area contributed by atoms with Crippen LogP contribution in [0.4, 0.5) is 5.69 Å². The summed E-state index contributed by atoms with van der Waals surface area (Å²) < 4.78 is 0. The Morgan fingerprint density at radius 1 is 1.24 bits per heavy atom. The van der Waals surface area contributed by atoms with Gasteiger partial charge in [-0.2, -0.15) is 0 Å². The van der Waals surface area contributed by atoms with E-state index in [1.807, 2.05) is 18.2 Å². The number of nitrogens with one attached hydrogen (secondary N) is 1. The van der Waals surface area contributed by atoms with E-state index in [4.69, 9.17) is 0 Å². The Morgan fingerprint density at radius 2 is 2.00 bits per heavy atom. The van der Waals surface area contributed by atoms with Crippen molar-refractivity contribution in [2.24, 2.45) is 5.92 Å². The first kappa shape index (κ1) is 15.5. The van der Waals surface area contributed by atoms with Crippen LogP contribution >= 0.6 is 0 Å². The maximum Gasteiger partial charge on any atom is 0.253 e. The second-order valence-electron chi connectivity index (χ2n) is 5.62. The second kappa shape index (κ2) is 7.25. The number of amides is 2. The van der Waals surface area contributed by atoms with E-state index in [-0.39, 0.29) is 18.4 Å². The first-order valence-electron chi connectivity index (χ1n) is 7.85. The third-order valence-electron chi connectivity index (χ3n) is 4.12. The molecule has 0 bridgehead atoms. The summed E-state index contributed by atoms with van der Waals surface area (Å²) in [5.41, 5.74) is 1.33. The van der Waals surface area contributed by atoms with Crippen molar-refractivity contribution < 1.29 is 9.59 Å². The van der Waals surface area contributed by atoms with Crippen molar-refractivity contribution in [3.8, 4) is 0 Å². The fourth-order valence-corrected chi connectivity index (χ4v) is 2.76. The first-order chi connectivity index (χ1) is 10.2. The van der Waals surface area contributed by atoms with Crippen molar-refractivity contribution in [2.75, 3.05) is 18.0 Å². The van der Waals surface area contributed by atoms with Gasteiger partial charge in [0.2, 0.25) is 5.91 Å². The molecule has 4 heteroatoms. The largest absolute Gasteiger partial charge is 0.343 e. The van der Waals surface area contributed by atoms with Gasteiger partial charge >= 0.3 is 0 Å². The number of hydrogen-bond donors (Lipinski definition) is 1. The lowest BCUT2D eigenvalue weighted by molar-refractivity contribution is -0.117. The maximum atomic E-state index is 12.4. The number of anilines is 1. The zero-order valence-corrected chi connectivity index (χ0v) is 12.9. The minimum Gasteiger partial charge on any atom is -0.343 e. The number of para-hydroxylation sites is 1. The van der Waals surface area contributed by atoms with E-state index < -0.39 is 0 Å². The van der Waals surface area contributed by atoms with Crippen molar-refractivity contribution in [3.63, 3.8) is 0 Å². The summed E-state index contributed by atoms with van der Waals surface area (Å²) in [4.78, 5) is 26.2. The van der Waals surface area contributed by atoms with E-state index in [0.717, 1.165) is 18.5 Å². The fourth-order valence-electron chi connectivity index (χ4n) is 2.76. The Hall–Kier alpha value is -1.84. The van der Waals surface area contributed by atoms with Crippen molar-refractivity contribution in [1.29, 1.82) is 0 Å². The summed E-state index contributed by atoms with van der Waals surface area (Å²) in [6.07, 6.45) is 4.52. The molecule has 0 saturated heterocycles. The number of fused-ring (bicyclic) bond motifs is 1. The van der Waals surface area contributed by atoms with Crippen LogP contribution in [0.2, 0.25) is 0 Å². The Morgan fingerprint density at radius 3 is 2.71 bits per heavy atom. The molecule has 1 N–H and O–H groups in total. The van der Waals surface area contributed by atoms with Gasteiger partial charge in [0.25, 0.3) is 5.91 Å². The number of carbonyl (C=O) groups is 2. The van der Waals surface area contributed by atoms with Crippen molar-refractivity contribution >= 4 is 17.5 Å². The Bertz CT molecular complexity index is 513. The van der Waals surface area contributed by atoms with Crippen molar-refractivity contribution in [2.45, 2.75) is 39.5 Å². The van der Waals surface area contributed by atoms with Crippen LogP contribution in [0.15, 0.2) is 24.3 Å². The lowest BCUT2D eigenvalue weighted by Gasteiger charge is -2.27. The standard InChI is InChI=1S/C17H24N2O2/c1-3-5-8-13(4-2)12-19-15-10-7-6-9-14(15)17(21)18-11-16(19)20/h6-7,9-10,13H,3-5,8,11-12H2,1-2H3,(H,18,21). The zero-order chi connectivity index (χ0) is 15.2. The smallest absolute Gasteiger partial charge is 0.253 e. The first-order valence-corrected chi connectivity index (χ1v) is 7.85. The SMILES string of the molecule is CCCCC(CC)CN1C(=O)CNC(=O)c2ccccc21. The van der Waals surface area contributed by atoms with Gasteiger partial charge < -0.3 is 10.2 Å². The highest BCUT2D eigenvalue weighted by Gasteiger charge is 2.27.